The molecule has 2 atom stereocenters. The van der Waals surface area contributed by atoms with Crippen molar-refractivity contribution in [1.82, 2.24) is 29.5 Å². The monoisotopic (exact) mass is 545 g/mol. The standard InChI is InChI=1S/C29H32FN7O3/c30-23-16-36(20-10-13-35(14-11-20)17-25(38)39)15-12-24(23)37-29-26(28(31)32-18-33-29)27(34-37)19-6-8-22(9-7-19)40-21-4-2-1-3-5-21/h1-9,18,20,23-24H,10-17H2,(H,38,39)(H2,31,32,33). The van der Waals surface area contributed by atoms with Crippen molar-refractivity contribution in [1.29, 1.82) is 0 Å². The van der Waals surface area contributed by atoms with E-state index in [0.717, 1.165) is 30.7 Å². The van der Waals surface area contributed by atoms with Crippen molar-refractivity contribution in [3.05, 3.63) is 60.9 Å². The SMILES string of the molecule is Nc1ncnc2c1c(-c1ccc(Oc3ccccc3)cc1)nn2C1CCN(C2CCN(CC(=O)O)CC2)CC1F. The first-order valence-corrected chi connectivity index (χ1v) is 13.6. The summed E-state index contributed by atoms with van der Waals surface area (Å²) < 4.78 is 23.4. The summed E-state index contributed by atoms with van der Waals surface area (Å²) in [5, 5.41) is 14.5. The number of para-hydroxylation sites is 1. The molecule has 2 aliphatic heterocycles. The van der Waals surface area contributed by atoms with Crippen LogP contribution in [-0.4, -0.2) is 85.6 Å². The molecule has 0 radical (unpaired) electrons. The summed E-state index contributed by atoms with van der Waals surface area (Å²) >= 11 is 0. The van der Waals surface area contributed by atoms with Crippen LogP contribution in [0.1, 0.15) is 25.3 Å². The zero-order valence-electron chi connectivity index (χ0n) is 22.1. The Balaban J connectivity index is 1.20. The van der Waals surface area contributed by atoms with E-state index in [4.69, 9.17) is 20.7 Å². The highest BCUT2D eigenvalue weighted by Gasteiger charge is 2.37. The third-order valence-electron chi connectivity index (χ3n) is 7.91. The summed E-state index contributed by atoms with van der Waals surface area (Å²) in [5.41, 5.74) is 8.24. The molecule has 40 heavy (non-hydrogen) atoms. The fourth-order valence-electron chi connectivity index (χ4n) is 5.89. The lowest BCUT2D eigenvalue weighted by atomic mass is 9.97. The second-order valence-corrected chi connectivity index (χ2v) is 10.5. The first-order valence-electron chi connectivity index (χ1n) is 13.6. The second kappa shape index (κ2) is 11.2. The number of fused-ring (bicyclic) bond motifs is 1. The molecule has 11 heteroatoms. The number of hydrogen-bond donors (Lipinski definition) is 2. The van der Waals surface area contributed by atoms with E-state index in [1.165, 1.54) is 6.33 Å². The third kappa shape index (κ3) is 5.34. The minimum absolute atomic E-state index is 0.0585. The van der Waals surface area contributed by atoms with Crippen LogP contribution in [0.4, 0.5) is 10.2 Å². The van der Waals surface area contributed by atoms with Crippen molar-refractivity contribution < 1.29 is 19.0 Å². The van der Waals surface area contributed by atoms with Gasteiger partial charge in [0.2, 0.25) is 0 Å². The largest absolute Gasteiger partial charge is 0.480 e. The zero-order chi connectivity index (χ0) is 27.6. The summed E-state index contributed by atoms with van der Waals surface area (Å²) in [6, 6.07) is 16.9. The normalized spacial score (nSPS) is 21.0. The maximum Gasteiger partial charge on any atom is 0.317 e. The van der Waals surface area contributed by atoms with Gasteiger partial charge in [0.15, 0.2) is 5.65 Å². The predicted octanol–water partition coefficient (Wildman–Crippen LogP) is 4.00. The highest BCUT2D eigenvalue weighted by atomic mass is 19.1. The van der Waals surface area contributed by atoms with Crippen LogP contribution >= 0.6 is 0 Å². The molecule has 2 aromatic carbocycles. The van der Waals surface area contributed by atoms with Crippen molar-refractivity contribution >= 4 is 22.8 Å². The Morgan fingerprint density at radius 1 is 1.00 bits per heavy atom. The van der Waals surface area contributed by atoms with Gasteiger partial charge in [-0.3, -0.25) is 14.6 Å². The van der Waals surface area contributed by atoms with E-state index in [-0.39, 0.29) is 12.6 Å². The molecule has 2 aromatic heterocycles. The topological polar surface area (TPSA) is 123 Å². The Bertz CT molecular complexity index is 1470. The Labute approximate surface area is 231 Å². The van der Waals surface area contributed by atoms with Gasteiger partial charge in [0.05, 0.1) is 18.0 Å². The number of likely N-dealkylation sites (tertiary alicyclic amines) is 2. The zero-order valence-corrected chi connectivity index (χ0v) is 22.1. The van der Waals surface area contributed by atoms with Gasteiger partial charge < -0.3 is 15.6 Å². The molecule has 0 spiro atoms. The van der Waals surface area contributed by atoms with Gasteiger partial charge in [0.1, 0.15) is 35.5 Å². The fraction of sp³-hybridized carbons (Fsp3) is 0.379. The maximum atomic E-state index is 15.8. The summed E-state index contributed by atoms with van der Waals surface area (Å²) in [7, 11) is 0. The number of nitrogen functional groups attached to an aromatic ring is 1. The first-order chi connectivity index (χ1) is 19.5. The molecule has 0 amide bonds. The molecule has 2 saturated heterocycles. The number of carbonyl (C=O) groups is 1. The molecule has 6 rings (SSSR count). The van der Waals surface area contributed by atoms with Crippen molar-refractivity contribution in [2.24, 2.45) is 0 Å². The number of anilines is 1. The summed E-state index contributed by atoms with van der Waals surface area (Å²) in [6.07, 6.45) is 2.52. The number of hydrogen-bond acceptors (Lipinski definition) is 8. The number of piperidine rings is 2. The molecule has 10 nitrogen and oxygen atoms in total. The molecule has 0 saturated carbocycles. The summed E-state index contributed by atoms with van der Waals surface area (Å²) in [6.45, 7) is 2.52. The number of aromatic nitrogens is 4. The van der Waals surface area contributed by atoms with Gasteiger partial charge >= 0.3 is 5.97 Å². The average Bonchev–Trinajstić information content (AvgIpc) is 3.35. The van der Waals surface area contributed by atoms with Crippen LogP contribution in [0, 0.1) is 0 Å². The smallest absolute Gasteiger partial charge is 0.317 e. The van der Waals surface area contributed by atoms with Crippen LogP contribution in [0.5, 0.6) is 11.5 Å². The van der Waals surface area contributed by atoms with E-state index < -0.39 is 18.2 Å². The quantitative estimate of drug-likeness (QED) is 0.355. The van der Waals surface area contributed by atoms with Crippen molar-refractivity contribution in [3.63, 3.8) is 0 Å². The number of nitrogens with two attached hydrogens (primary N) is 1. The number of alkyl halides is 1. The minimum atomic E-state index is -1.14. The van der Waals surface area contributed by atoms with E-state index in [0.29, 0.717) is 54.3 Å². The highest BCUT2D eigenvalue weighted by Crippen LogP contribution is 2.36. The van der Waals surface area contributed by atoms with Crippen LogP contribution < -0.4 is 10.5 Å². The molecule has 208 valence electrons. The van der Waals surface area contributed by atoms with E-state index in [1.807, 2.05) is 59.5 Å². The van der Waals surface area contributed by atoms with Crippen molar-refractivity contribution in [2.75, 3.05) is 38.5 Å². The van der Waals surface area contributed by atoms with Gasteiger partial charge in [-0.2, -0.15) is 5.10 Å². The second-order valence-electron chi connectivity index (χ2n) is 10.5. The Morgan fingerprint density at radius 2 is 1.73 bits per heavy atom. The molecular formula is C29H32FN7O3. The number of benzene rings is 2. The number of aliphatic carboxylic acids is 1. The van der Waals surface area contributed by atoms with Crippen LogP contribution in [-0.2, 0) is 4.79 Å². The van der Waals surface area contributed by atoms with Gasteiger partial charge in [0.25, 0.3) is 0 Å². The maximum absolute atomic E-state index is 15.8. The molecule has 2 fully saturated rings. The van der Waals surface area contributed by atoms with Gasteiger partial charge in [-0.15, -0.1) is 0 Å². The average molecular weight is 546 g/mol. The summed E-state index contributed by atoms with van der Waals surface area (Å²) in [4.78, 5) is 23.8. The van der Waals surface area contributed by atoms with Gasteiger partial charge in [0, 0.05) is 37.8 Å². The van der Waals surface area contributed by atoms with E-state index in [2.05, 4.69) is 14.9 Å². The number of halogens is 1. The van der Waals surface area contributed by atoms with Crippen LogP contribution in [0.2, 0.25) is 0 Å². The minimum Gasteiger partial charge on any atom is -0.480 e. The molecule has 4 heterocycles. The Kier molecular flexibility index (Phi) is 7.31. The van der Waals surface area contributed by atoms with Crippen molar-refractivity contribution in [2.45, 2.75) is 37.5 Å². The third-order valence-corrected chi connectivity index (χ3v) is 7.91. The number of rotatable bonds is 7. The molecular weight excluding hydrogens is 513 g/mol. The first kappa shape index (κ1) is 26.1. The van der Waals surface area contributed by atoms with Gasteiger partial charge in [-0.1, -0.05) is 18.2 Å². The molecule has 2 aliphatic rings. The lowest BCUT2D eigenvalue weighted by molar-refractivity contribution is -0.138. The van der Waals surface area contributed by atoms with Gasteiger partial charge in [-0.25, -0.2) is 19.0 Å². The van der Waals surface area contributed by atoms with Crippen molar-refractivity contribution in [3.8, 4) is 22.8 Å². The number of ether oxygens (including phenoxy) is 1. The van der Waals surface area contributed by atoms with E-state index >= 15 is 4.39 Å². The fourth-order valence-corrected chi connectivity index (χ4v) is 5.89. The molecule has 2 unspecified atom stereocenters. The highest BCUT2D eigenvalue weighted by molar-refractivity contribution is 5.98. The van der Waals surface area contributed by atoms with Crippen LogP contribution in [0.15, 0.2) is 60.9 Å². The van der Waals surface area contributed by atoms with Gasteiger partial charge in [-0.05, 0) is 55.7 Å². The number of carboxylic acids is 1. The van der Waals surface area contributed by atoms with E-state index in [1.54, 1.807) is 4.68 Å². The molecule has 0 bridgehead atoms. The lowest BCUT2D eigenvalue weighted by Crippen LogP contribution is -2.51. The lowest BCUT2D eigenvalue weighted by Gasteiger charge is -2.42. The molecule has 4 aromatic rings. The van der Waals surface area contributed by atoms with Crippen LogP contribution in [0.25, 0.3) is 22.3 Å². The Hall–Kier alpha value is -4.09. The molecule has 3 N–H and O–H groups in total. The predicted molar refractivity (Wildman–Crippen MR) is 149 cm³/mol. The number of carboxylic acid groups (broad SMARTS) is 1. The van der Waals surface area contributed by atoms with Crippen LogP contribution in [0.3, 0.4) is 0 Å². The molecule has 0 aliphatic carbocycles. The number of nitrogens with zero attached hydrogens (tertiary/aromatic N) is 6. The Morgan fingerprint density at radius 3 is 2.42 bits per heavy atom. The summed E-state index contributed by atoms with van der Waals surface area (Å²) in [5.74, 6) is 0.924. The van der Waals surface area contributed by atoms with E-state index in [9.17, 15) is 4.79 Å².